The van der Waals surface area contributed by atoms with Crippen molar-refractivity contribution in [3.05, 3.63) is 83.8 Å². The molecule has 0 amide bonds. The molecule has 0 N–H and O–H groups in total. The molecule has 1 nitrogen and oxygen atoms in total. The molecular weight excluding hydrogens is 386 g/mol. The first-order chi connectivity index (χ1) is 15.3. The Kier molecular flexibility index (Phi) is 12.3. The highest BCUT2D eigenvalue weighted by Crippen LogP contribution is 2.42. The molecule has 3 rings (SSSR count). The van der Waals surface area contributed by atoms with Crippen molar-refractivity contribution in [3.63, 3.8) is 0 Å². The van der Waals surface area contributed by atoms with Gasteiger partial charge in [0.2, 0.25) is 5.69 Å². The first-order valence-corrected chi connectivity index (χ1v) is 12.7. The lowest BCUT2D eigenvalue weighted by Gasteiger charge is -2.35. The van der Waals surface area contributed by atoms with Crippen LogP contribution in [-0.2, 0) is 6.42 Å². The molecule has 0 radical (unpaired) electrons. The fourth-order valence-corrected chi connectivity index (χ4v) is 4.22. The first-order valence-electron chi connectivity index (χ1n) is 12.7. The van der Waals surface area contributed by atoms with Crippen LogP contribution in [0.15, 0.2) is 72.5 Å². The van der Waals surface area contributed by atoms with E-state index >= 15 is 0 Å². The number of pyridine rings is 1. The Morgan fingerprint density at radius 1 is 1.09 bits per heavy atom. The smallest absolute Gasteiger partial charge is 0.195 e. The maximum atomic E-state index is 3.70. The van der Waals surface area contributed by atoms with Crippen molar-refractivity contribution in [3.8, 4) is 0 Å². The van der Waals surface area contributed by atoms with Gasteiger partial charge in [-0.3, -0.25) is 0 Å². The van der Waals surface area contributed by atoms with E-state index in [9.17, 15) is 0 Å². The SMILES string of the molecule is C=CCC1=CC=CC=CC1.CC.CCCCCc1ccc2[n+](c1)C(C)C(C)(C)C(C)=C2C. The van der Waals surface area contributed by atoms with Crippen molar-refractivity contribution in [2.75, 3.05) is 0 Å². The Hall–Kier alpha value is -2.15. The van der Waals surface area contributed by atoms with E-state index in [0.717, 1.165) is 12.8 Å². The summed E-state index contributed by atoms with van der Waals surface area (Å²) in [5.74, 6) is 0. The van der Waals surface area contributed by atoms with E-state index in [2.05, 4.69) is 101 Å². The van der Waals surface area contributed by atoms with E-state index < -0.39 is 0 Å². The lowest BCUT2D eigenvalue weighted by Crippen LogP contribution is -2.51. The van der Waals surface area contributed by atoms with Crippen LogP contribution in [0.3, 0.4) is 0 Å². The van der Waals surface area contributed by atoms with Crippen LogP contribution in [0.2, 0.25) is 0 Å². The van der Waals surface area contributed by atoms with Crippen molar-refractivity contribution in [1.29, 1.82) is 0 Å². The summed E-state index contributed by atoms with van der Waals surface area (Å²) in [5, 5.41) is 0. The van der Waals surface area contributed by atoms with Gasteiger partial charge in [0.05, 0.1) is 0 Å². The van der Waals surface area contributed by atoms with E-state index in [0.29, 0.717) is 6.04 Å². The van der Waals surface area contributed by atoms with Crippen molar-refractivity contribution in [2.45, 2.75) is 100.0 Å². The number of unbranched alkanes of at least 4 members (excludes halogenated alkanes) is 2. The molecule has 0 fully saturated rings. The number of aromatic nitrogens is 1. The van der Waals surface area contributed by atoms with Crippen molar-refractivity contribution >= 4 is 5.57 Å². The van der Waals surface area contributed by atoms with Crippen LogP contribution in [0.4, 0.5) is 0 Å². The average molecular weight is 435 g/mol. The average Bonchev–Trinajstić information content (AvgIpc) is 3.08. The van der Waals surface area contributed by atoms with E-state index in [1.54, 1.807) is 0 Å². The molecule has 1 heteroatoms. The third-order valence-electron chi connectivity index (χ3n) is 6.96. The minimum Gasteiger partial charge on any atom is -0.195 e. The molecule has 2 aliphatic rings. The van der Waals surface area contributed by atoms with Crippen molar-refractivity contribution in [2.24, 2.45) is 5.41 Å². The molecule has 1 unspecified atom stereocenters. The molecule has 0 bridgehead atoms. The minimum atomic E-state index is 0.240. The van der Waals surface area contributed by atoms with E-state index in [1.165, 1.54) is 53.7 Å². The van der Waals surface area contributed by atoms with Crippen molar-refractivity contribution in [1.82, 2.24) is 0 Å². The summed E-state index contributed by atoms with van der Waals surface area (Å²) in [7, 11) is 0. The summed E-state index contributed by atoms with van der Waals surface area (Å²) >= 11 is 0. The molecule has 1 aromatic heterocycles. The Morgan fingerprint density at radius 2 is 1.81 bits per heavy atom. The molecule has 2 heterocycles. The van der Waals surface area contributed by atoms with Gasteiger partial charge < -0.3 is 0 Å². The topological polar surface area (TPSA) is 3.88 Å². The number of hydrogen-bond acceptors (Lipinski definition) is 0. The molecular formula is C31H48N+. The van der Waals surface area contributed by atoms with Gasteiger partial charge in [-0.2, -0.15) is 4.57 Å². The van der Waals surface area contributed by atoms with Gasteiger partial charge in [-0.25, -0.2) is 0 Å². The molecule has 0 saturated heterocycles. The Morgan fingerprint density at radius 3 is 2.47 bits per heavy atom. The largest absolute Gasteiger partial charge is 0.208 e. The van der Waals surface area contributed by atoms with E-state index in [-0.39, 0.29) is 5.41 Å². The number of fused-ring (bicyclic) bond motifs is 1. The second kappa shape index (κ2) is 14.1. The van der Waals surface area contributed by atoms with Crippen LogP contribution in [0, 0.1) is 5.41 Å². The standard InChI is InChI=1S/C19H30N.C10H12.C2H6/c1-7-8-9-10-17-11-12-18-14(2)15(3)19(5,6)16(4)20(18)13-17;1-2-7-10-8-5-3-4-6-9-10;1-2/h11-13,16H,7-10H2,1-6H3;2-6,8H,1,7,9H2;1-2H3/q+1;;. The molecule has 1 aliphatic carbocycles. The summed E-state index contributed by atoms with van der Waals surface area (Å²) < 4.78 is 2.50. The van der Waals surface area contributed by atoms with Gasteiger partial charge in [-0.15, -0.1) is 6.58 Å². The number of aryl methyl sites for hydroxylation is 1. The minimum absolute atomic E-state index is 0.240. The third-order valence-corrected chi connectivity index (χ3v) is 6.96. The van der Waals surface area contributed by atoms with Gasteiger partial charge in [0, 0.05) is 22.6 Å². The van der Waals surface area contributed by atoms with Crippen LogP contribution >= 0.6 is 0 Å². The van der Waals surface area contributed by atoms with Gasteiger partial charge in [0.25, 0.3) is 0 Å². The lowest BCUT2D eigenvalue weighted by molar-refractivity contribution is -0.735. The normalized spacial score (nSPS) is 18.4. The highest BCUT2D eigenvalue weighted by Gasteiger charge is 2.41. The second-order valence-corrected chi connectivity index (χ2v) is 9.27. The van der Waals surface area contributed by atoms with Crippen LogP contribution in [0.25, 0.3) is 5.57 Å². The highest BCUT2D eigenvalue weighted by molar-refractivity contribution is 5.64. The van der Waals surface area contributed by atoms with E-state index in [1.807, 2.05) is 19.9 Å². The monoisotopic (exact) mass is 434 g/mol. The summed E-state index contributed by atoms with van der Waals surface area (Å²) in [6, 6.07) is 5.17. The third kappa shape index (κ3) is 7.47. The fourth-order valence-electron chi connectivity index (χ4n) is 4.22. The van der Waals surface area contributed by atoms with Crippen LogP contribution in [0.5, 0.6) is 0 Å². The molecule has 1 atom stereocenters. The number of hydrogen-bond donors (Lipinski definition) is 0. The predicted molar refractivity (Wildman–Crippen MR) is 144 cm³/mol. The molecule has 1 aromatic rings. The number of rotatable bonds is 6. The van der Waals surface area contributed by atoms with Crippen molar-refractivity contribution < 1.29 is 4.57 Å². The van der Waals surface area contributed by atoms with Crippen LogP contribution in [0.1, 0.15) is 105 Å². The first kappa shape index (κ1) is 27.9. The molecule has 32 heavy (non-hydrogen) atoms. The molecule has 0 saturated carbocycles. The molecule has 0 aromatic carbocycles. The lowest BCUT2D eigenvalue weighted by atomic mass is 9.73. The predicted octanol–water partition coefficient (Wildman–Crippen LogP) is 9.13. The number of nitrogens with zero attached hydrogens (tertiary/aromatic N) is 1. The molecule has 1 aliphatic heterocycles. The van der Waals surface area contributed by atoms with Gasteiger partial charge in [-0.1, -0.05) is 81.2 Å². The maximum absolute atomic E-state index is 3.70. The second-order valence-electron chi connectivity index (χ2n) is 9.27. The van der Waals surface area contributed by atoms with E-state index in [4.69, 9.17) is 0 Å². The summed E-state index contributed by atoms with van der Waals surface area (Å²) in [4.78, 5) is 0. The maximum Gasteiger partial charge on any atom is 0.208 e. The van der Waals surface area contributed by atoms with Gasteiger partial charge >= 0.3 is 0 Å². The quantitative estimate of drug-likeness (QED) is 0.239. The highest BCUT2D eigenvalue weighted by atomic mass is 15.0. The Balaban J connectivity index is 0.000000358. The summed E-state index contributed by atoms with van der Waals surface area (Å²) in [6.45, 7) is 21.6. The zero-order valence-electron chi connectivity index (χ0n) is 22.2. The molecule has 0 spiro atoms. The van der Waals surface area contributed by atoms with Crippen LogP contribution < -0.4 is 4.57 Å². The van der Waals surface area contributed by atoms with Gasteiger partial charge in [0.15, 0.2) is 12.2 Å². The Bertz CT molecular complexity index is 845. The zero-order chi connectivity index (χ0) is 24.1. The van der Waals surface area contributed by atoms with Crippen LogP contribution in [-0.4, -0.2) is 0 Å². The summed E-state index contributed by atoms with van der Waals surface area (Å²) in [6.07, 6.45) is 22.1. The van der Waals surface area contributed by atoms with Gasteiger partial charge in [0.1, 0.15) is 0 Å². The Labute approximate surface area is 199 Å². The number of allylic oxidation sites excluding steroid dienone is 9. The summed E-state index contributed by atoms with van der Waals surface area (Å²) in [5.41, 5.74) is 7.53. The molecule has 176 valence electrons. The van der Waals surface area contributed by atoms with Gasteiger partial charge in [-0.05, 0) is 66.4 Å². The zero-order valence-corrected chi connectivity index (χ0v) is 22.2. The fraction of sp³-hybridized carbons (Fsp3) is 0.516.